The van der Waals surface area contributed by atoms with Crippen LogP contribution in [0.15, 0.2) is 42.5 Å². The summed E-state index contributed by atoms with van der Waals surface area (Å²) in [7, 11) is 0. The van der Waals surface area contributed by atoms with Crippen molar-refractivity contribution in [3.63, 3.8) is 0 Å². The second-order valence-corrected chi connectivity index (χ2v) is 7.07. The molecule has 134 valence electrons. The van der Waals surface area contributed by atoms with Crippen LogP contribution in [-0.2, 0) is 17.6 Å². The summed E-state index contributed by atoms with van der Waals surface area (Å²) in [6.45, 7) is 2.50. The fourth-order valence-corrected chi connectivity index (χ4v) is 3.87. The summed E-state index contributed by atoms with van der Waals surface area (Å²) in [6.07, 6.45) is 2.42. The Morgan fingerprint density at radius 1 is 1.31 bits per heavy atom. The largest absolute Gasteiger partial charge is 0.492 e. The summed E-state index contributed by atoms with van der Waals surface area (Å²) in [6, 6.07) is 13.4. The minimum atomic E-state index is -0.0600. The maximum Gasteiger partial charge on any atom is 0.227 e. The number of carbonyl (C=O) groups excluding carboxylic acids is 1. The first-order valence-electron chi connectivity index (χ1n) is 8.97. The molecule has 1 aliphatic carbocycles. The monoisotopic (exact) mass is 368 g/mol. The van der Waals surface area contributed by atoms with Crippen LogP contribution in [0.4, 0.5) is 5.69 Å². The first-order valence-corrected chi connectivity index (χ1v) is 9.35. The molecule has 5 heteroatoms. The lowest BCUT2D eigenvalue weighted by molar-refractivity contribution is -0.120. The highest BCUT2D eigenvalue weighted by Crippen LogP contribution is 2.34. The summed E-state index contributed by atoms with van der Waals surface area (Å²) < 4.78 is 5.61. The van der Waals surface area contributed by atoms with E-state index in [-0.39, 0.29) is 11.8 Å². The van der Waals surface area contributed by atoms with Crippen LogP contribution in [0, 0.1) is 5.92 Å². The summed E-state index contributed by atoms with van der Waals surface area (Å²) in [4.78, 5) is 16.3. The van der Waals surface area contributed by atoms with Crippen molar-refractivity contribution in [1.29, 1.82) is 0 Å². The number of para-hydroxylation sites is 2. The molecule has 0 radical (unpaired) electrons. The van der Waals surface area contributed by atoms with Crippen LogP contribution in [0.5, 0.6) is 5.75 Å². The molecular weight excluding hydrogens is 348 g/mol. The van der Waals surface area contributed by atoms with Gasteiger partial charge in [0.25, 0.3) is 0 Å². The van der Waals surface area contributed by atoms with E-state index in [1.54, 1.807) is 0 Å². The van der Waals surface area contributed by atoms with E-state index in [2.05, 4.69) is 10.3 Å². The van der Waals surface area contributed by atoms with Gasteiger partial charge in [0.1, 0.15) is 5.75 Å². The predicted octanol–water partition coefficient (Wildman–Crippen LogP) is 4.96. The fraction of sp³-hybridized carbons (Fsp3) is 0.286. The SMILES string of the molecule is CCOc1ccccc1NC(=O)C1CCc2[nH]c3ccc(Cl)cc3c2C1. The zero-order valence-electron chi connectivity index (χ0n) is 14.6. The number of benzene rings is 2. The molecule has 1 heterocycles. The van der Waals surface area contributed by atoms with Crippen LogP contribution in [0.3, 0.4) is 0 Å². The summed E-state index contributed by atoms with van der Waals surface area (Å²) >= 11 is 6.16. The van der Waals surface area contributed by atoms with E-state index in [0.717, 1.165) is 40.9 Å². The lowest BCUT2D eigenvalue weighted by Crippen LogP contribution is -2.28. The Bertz CT molecular complexity index is 964. The van der Waals surface area contributed by atoms with Crippen molar-refractivity contribution < 1.29 is 9.53 Å². The Morgan fingerprint density at radius 3 is 3.00 bits per heavy atom. The van der Waals surface area contributed by atoms with Gasteiger partial charge in [-0.3, -0.25) is 4.79 Å². The van der Waals surface area contributed by atoms with Gasteiger partial charge >= 0.3 is 0 Å². The number of ether oxygens (including phenoxy) is 1. The molecule has 0 fully saturated rings. The molecule has 0 saturated heterocycles. The molecule has 1 atom stereocenters. The molecule has 26 heavy (non-hydrogen) atoms. The van der Waals surface area contributed by atoms with Gasteiger partial charge in [0.05, 0.1) is 12.3 Å². The Morgan fingerprint density at radius 2 is 2.15 bits per heavy atom. The topological polar surface area (TPSA) is 54.1 Å². The Kier molecular flexibility index (Phi) is 4.60. The molecule has 1 unspecified atom stereocenters. The van der Waals surface area contributed by atoms with Crippen LogP contribution in [0.1, 0.15) is 24.6 Å². The second-order valence-electron chi connectivity index (χ2n) is 6.63. The number of anilines is 1. The first-order chi connectivity index (χ1) is 12.7. The van der Waals surface area contributed by atoms with Crippen LogP contribution in [0.2, 0.25) is 5.02 Å². The quantitative estimate of drug-likeness (QED) is 0.683. The van der Waals surface area contributed by atoms with E-state index >= 15 is 0 Å². The number of halogens is 1. The van der Waals surface area contributed by atoms with Gasteiger partial charge in [-0.15, -0.1) is 0 Å². The normalized spacial score (nSPS) is 16.3. The van der Waals surface area contributed by atoms with E-state index in [1.165, 1.54) is 11.3 Å². The molecule has 1 aromatic heterocycles. The summed E-state index contributed by atoms with van der Waals surface area (Å²) in [5, 5.41) is 4.89. The van der Waals surface area contributed by atoms with Gasteiger partial charge in [-0.2, -0.15) is 0 Å². The van der Waals surface area contributed by atoms with Crippen LogP contribution >= 0.6 is 11.6 Å². The Balaban J connectivity index is 1.56. The highest BCUT2D eigenvalue weighted by molar-refractivity contribution is 6.31. The molecule has 0 aliphatic heterocycles. The number of fused-ring (bicyclic) bond motifs is 3. The van der Waals surface area contributed by atoms with Gasteiger partial charge in [0, 0.05) is 27.5 Å². The molecule has 1 aliphatic rings. The minimum Gasteiger partial charge on any atom is -0.492 e. The molecule has 3 aromatic rings. The van der Waals surface area contributed by atoms with E-state index in [1.807, 2.05) is 49.4 Å². The molecule has 4 rings (SSSR count). The minimum absolute atomic E-state index is 0.0409. The van der Waals surface area contributed by atoms with Crippen molar-refractivity contribution in [2.24, 2.45) is 5.92 Å². The van der Waals surface area contributed by atoms with Gasteiger partial charge in [0.15, 0.2) is 0 Å². The zero-order valence-corrected chi connectivity index (χ0v) is 15.4. The number of hydrogen-bond donors (Lipinski definition) is 2. The van der Waals surface area contributed by atoms with E-state index in [9.17, 15) is 4.79 Å². The van der Waals surface area contributed by atoms with E-state index < -0.39 is 0 Å². The van der Waals surface area contributed by atoms with Crippen LogP contribution < -0.4 is 10.1 Å². The number of aromatic nitrogens is 1. The lowest BCUT2D eigenvalue weighted by Gasteiger charge is -2.22. The molecule has 2 aromatic carbocycles. The molecule has 4 nitrogen and oxygen atoms in total. The number of carbonyl (C=O) groups is 1. The Hall–Kier alpha value is -2.46. The molecule has 0 bridgehead atoms. The molecule has 2 N–H and O–H groups in total. The number of amides is 1. The van der Waals surface area contributed by atoms with Crippen molar-refractivity contribution >= 4 is 34.1 Å². The van der Waals surface area contributed by atoms with Gasteiger partial charge < -0.3 is 15.0 Å². The second kappa shape index (κ2) is 7.04. The number of aryl methyl sites for hydroxylation is 1. The Labute approximate surface area is 157 Å². The maximum atomic E-state index is 12.9. The van der Waals surface area contributed by atoms with Crippen molar-refractivity contribution in [2.45, 2.75) is 26.2 Å². The summed E-state index contributed by atoms with van der Waals surface area (Å²) in [5.74, 6) is 0.688. The predicted molar refractivity (Wildman–Crippen MR) is 105 cm³/mol. The van der Waals surface area contributed by atoms with E-state index in [4.69, 9.17) is 16.3 Å². The molecule has 0 saturated carbocycles. The third-order valence-electron chi connectivity index (χ3n) is 4.97. The number of aromatic amines is 1. The average molecular weight is 369 g/mol. The maximum absolute atomic E-state index is 12.9. The lowest BCUT2D eigenvalue weighted by atomic mass is 9.85. The first kappa shape index (κ1) is 17.0. The van der Waals surface area contributed by atoms with Crippen molar-refractivity contribution in [3.05, 3.63) is 58.7 Å². The number of hydrogen-bond acceptors (Lipinski definition) is 2. The number of rotatable bonds is 4. The van der Waals surface area contributed by atoms with Gasteiger partial charge in [-0.1, -0.05) is 23.7 Å². The van der Waals surface area contributed by atoms with Gasteiger partial charge in [0.2, 0.25) is 5.91 Å². The molecular formula is C21H21ClN2O2. The number of nitrogens with one attached hydrogen (secondary N) is 2. The highest BCUT2D eigenvalue weighted by Gasteiger charge is 2.28. The van der Waals surface area contributed by atoms with Crippen molar-refractivity contribution in [2.75, 3.05) is 11.9 Å². The standard InChI is InChI=1S/C21H21ClN2O2/c1-2-26-20-6-4-3-5-19(20)24-21(25)13-7-9-17-15(11-13)16-12-14(22)8-10-18(16)23-17/h3-6,8,10,12-13,23H,2,7,9,11H2,1H3,(H,24,25). The summed E-state index contributed by atoms with van der Waals surface area (Å²) in [5.41, 5.74) is 4.25. The molecule has 0 spiro atoms. The molecule has 1 amide bonds. The number of H-pyrrole nitrogens is 1. The van der Waals surface area contributed by atoms with Crippen molar-refractivity contribution in [3.8, 4) is 5.75 Å². The highest BCUT2D eigenvalue weighted by atomic mass is 35.5. The third kappa shape index (κ3) is 3.17. The van der Waals surface area contributed by atoms with Gasteiger partial charge in [-0.05, 0) is 62.1 Å². The fourth-order valence-electron chi connectivity index (χ4n) is 3.70. The van der Waals surface area contributed by atoms with Crippen LogP contribution in [-0.4, -0.2) is 17.5 Å². The van der Waals surface area contributed by atoms with E-state index in [0.29, 0.717) is 12.4 Å². The average Bonchev–Trinajstić information content (AvgIpc) is 3.00. The third-order valence-corrected chi connectivity index (χ3v) is 5.20. The smallest absolute Gasteiger partial charge is 0.227 e. The van der Waals surface area contributed by atoms with Gasteiger partial charge in [-0.25, -0.2) is 0 Å². The zero-order chi connectivity index (χ0) is 18.1. The van der Waals surface area contributed by atoms with Crippen molar-refractivity contribution in [1.82, 2.24) is 4.98 Å². The van der Waals surface area contributed by atoms with Crippen LogP contribution in [0.25, 0.3) is 10.9 Å².